The van der Waals surface area contributed by atoms with E-state index in [0.29, 0.717) is 23.0 Å². The summed E-state index contributed by atoms with van der Waals surface area (Å²) in [6.07, 6.45) is -2.78. The quantitative estimate of drug-likeness (QED) is 0.424. The third-order valence-electron chi connectivity index (χ3n) is 4.39. The minimum absolute atomic E-state index is 0.127. The average Bonchev–Trinajstić information content (AvgIpc) is 2.69. The Balaban J connectivity index is 1.75. The van der Waals surface area contributed by atoms with Gasteiger partial charge in [0.05, 0.1) is 5.56 Å². The van der Waals surface area contributed by atoms with E-state index in [4.69, 9.17) is 17.0 Å². The smallest absolute Gasteiger partial charge is 0.416 e. The van der Waals surface area contributed by atoms with Crippen LogP contribution in [0, 0.1) is 0 Å². The highest BCUT2D eigenvalue weighted by Crippen LogP contribution is 2.35. The lowest BCUT2D eigenvalue weighted by atomic mass is 9.86. The topological polar surface area (TPSA) is 46.2 Å². The second-order valence-electron chi connectivity index (χ2n) is 7.86. The van der Waals surface area contributed by atoms with Gasteiger partial charge in [-0.1, -0.05) is 39.0 Å². The number of hydrogen-bond acceptors (Lipinski definition) is 3. The van der Waals surface area contributed by atoms with Gasteiger partial charge in [0, 0.05) is 17.4 Å². The Kier molecular flexibility index (Phi) is 6.50. The molecule has 8 heteroatoms. The highest BCUT2D eigenvalue weighted by atomic mass is 32.1. The fourth-order valence-corrected chi connectivity index (χ4v) is 3.10. The molecule has 0 fully saturated rings. The number of thiocarbonyl (C=S) groups is 1. The van der Waals surface area contributed by atoms with Crippen LogP contribution in [0.2, 0.25) is 0 Å². The number of anilines is 2. The highest BCUT2D eigenvalue weighted by Gasteiger charge is 2.30. The first-order valence-electron chi connectivity index (χ1n) is 9.52. The lowest BCUT2D eigenvalue weighted by Gasteiger charge is -2.23. The molecule has 31 heavy (non-hydrogen) atoms. The molecule has 0 aliphatic carbocycles. The number of pyridine rings is 1. The van der Waals surface area contributed by atoms with Crippen molar-refractivity contribution in [1.29, 1.82) is 0 Å². The van der Waals surface area contributed by atoms with Gasteiger partial charge >= 0.3 is 6.18 Å². The van der Waals surface area contributed by atoms with Gasteiger partial charge in [-0.15, -0.1) is 0 Å². The first kappa shape index (κ1) is 22.6. The molecule has 1 aromatic heterocycles. The zero-order valence-electron chi connectivity index (χ0n) is 17.2. The number of ether oxygens (including phenoxy) is 1. The van der Waals surface area contributed by atoms with Crippen LogP contribution in [0.15, 0.2) is 66.9 Å². The van der Waals surface area contributed by atoms with Crippen LogP contribution in [0.1, 0.15) is 31.9 Å². The summed E-state index contributed by atoms with van der Waals surface area (Å²) in [6, 6.07) is 15.8. The van der Waals surface area contributed by atoms with E-state index < -0.39 is 11.7 Å². The van der Waals surface area contributed by atoms with Gasteiger partial charge in [0.1, 0.15) is 11.4 Å². The largest absolute Gasteiger partial charge is 0.437 e. The van der Waals surface area contributed by atoms with Crippen molar-refractivity contribution in [2.24, 2.45) is 0 Å². The Morgan fingerprint density at radius 2 is 1.58 bits per heavy atom. The lowest BCUT2D eigenvalue weighted by Crippen LogP contribution is -2.20. The molecule has 1 heterocycles. The maximum atomic E-state index is 12.7. The molecule has 0 radical (unpaired) electrons. The predicted molar refractivity (Wildman–Crippen MR) is 121 cm³/mol. The van der Waals surface area contributed by atoms with Gasteiger partial charge in [-0.05, 0) is 60.1 Å². The fraction of sp³-hybridized carbons (Fsp3) is 0.217. The summed E-state index contributed by atoms with van der Waals surface area (Å²) in [5, 5.41) is 6.05. The Morgan fingerprint density at radius 1 is 0.903 bits per heavy atom. The molecule has 0 aliphatic rings. The molecule has 0 bridgehead atoms. The summed E-state index contributed by atoms with van der Waals surface area (Å²) >= 11 is 5.31. The van der Waals surface area contributed by atoms with Crippen LogP contribution in [0.3, 0.4) is 0 Å². The number of para-hydroxylation sites is 1. The molecule has 0 saturated heterocycles. The van der Waals surface area contributed by atoms with Crippen LogP contribution >= 0.6 is 12.2 Å². The minimum atomic E-state index is -4.39. The molecule has 0 aliphatic heterocycles. The second kappa shape index (κ2) is 8.93. The van der Waals surface area contributed by atoms with Gasteiger partial charge < -0.3 is 15.4 Å². The predicted octanol–water partition coefficient (Wildman–Crippen LogP) is 7.00. The fourth-order valence-electron chi connectivity index (χ4n) is 2.87. The summed E-state index contributed by atoms with van der Waals surface area (Å²) in [6.45, 7) is 6.28. The number of rotatable bonds is 4. The van der Waals surface area contributed by atoms with Gasteiger partial charge in [-0.2, -0.15) is 13.2 Å². The maximum absolute atomic E-state index is 12.7. The number of alkyl halides is 3. The van der Waals surface area contributed by atoms with Crippen LogP contribution in [-0.4, -0.2) is 10.1 Å². The molecule has 4 nitrogen and oxygen atoms in total. The van der Waals surface area contributed by atoms with E-state index in [9.17, 15) is 13.2 Å². The molecular formula is C23H22F3N3OS. The Bertz CT molecular complexity index is 1060. The van der Waals surface area contributed by atoms with Crippen molar-refractivity contribution < 1.29 is 17.9 Å². The molecule has 0 amide bonds. The SMILES string of the molecule is CC(C)(C)c1ccccc1Oc1ncccc1NC(=S)Nc1ccc(C(F)(F)F)cc1. The first-order chi connectivity index (χ1) is 14.5. The molecule has 3 aromatic rings. The lowest BCUT2D eigenvalue weighted by molar-refractivity contribution is -0.137. The van der Waals surface area contributed by atoms with E-state index >= 15 is 0 Å². The molecule has 162 valence electrons. The van der Waals surface area contributed by atoms with E-state index in [0.717, 1.165) is 17.7 Å². The third-order valence-corrected chi connectivity index (χ3v) is 4.60. The normalized spacial score (nSPS) is 11.7. The van der Waals surface area contributed by atoms with Gasteiger partial charge in [0.15, 0.2) is 5.11 Å². The maximum Gasteiger partial charge on any atom is 0.416 e. The second-order valence-corrected chi connectivity index (χ2v) is 8.27. The van der Waals surface area contributed by atoms with Gasteiger partial charge in [-0.25, -0.2) is 4.98 Å². The van der Waals surface area contributed by atoms with Gasteiger partial charge in [-0.3, -0.25) is 0 Å². The Labute approximate surface area is 184 Å². The highest BCUT2D eigenvalue weighted by molar-refractivity contribution is 7.80. The number of nitrogens with zero attached hydrogens (tertiary/aromatic N) is 1. The van der Waals surface area contributed by atoms with Crippen molar-refractivity contribution in [3.05, 3.63) is 78.0 Å². The zero-order chi connectivity index (χ0) is 22.6. The van der Waals surface area contributed by atoms with E-state index in [1.54, 1.807) is 18.3 Å². The molecule has 2 aromatic carbocycles. The summed E-state index contributed by atoms with van der Waals surface area (Å²) in [5.41, 5.74) is 1.12. The molecule has 0 saturated carbocycles. The standard InChI is InChI=1S/C23H22F3N3OS/c1-22(2,3)17-7-4-5-9-19(17)30-20-18(8-6-14-27-20)29-21(31)28-16-12-10-15(11-13-16)23(24,25)26/h4-14H,1-3H3,(H2,28,29,31). The van der Waals surface area contributed by atoms with Crippen LogP contribution in [0.25, 0.3) is 0 Å². The van der Waals surface area contributed by atoms with Crippen LogP contribution < -0.4 is 15.4 Å². The van der Waals surface area contributed by atoms with E-state index in [-0.39, 0.29) is 10.5 Å². The molecule has 0 atom stereocenters. The van der Waals surface area contributed by atoms with Crippen molar-refractivity contribution in [3.8, 4) is 11.6 Å². The third kappa shape index (κ3) is 5.95. The average molecular weight is 446 g/mol. The summed E-state index contributed by atoms with van der Waals surface area (Å²) in [4.78, 5) is 4.30. The molecule has 0 unspecified atom stereocenters. The minimum Gasteiger partial charge on any atom is -0.437 e. The van der Waals surface area contributed by atoms with E-state index in [2.05, 4.69) is 36.4 Å². The van der Waals surface area contributed by atoms with Crippen molar-refractivity contribution in [2.75, 3.05) is 10.6 Å². The zero-order valence-corrected chi connectivity index (χ0v) is 18.1. The van der Waals surface area contributed by atoms with E-state index in [1.807, 2.05) is 24.3 Å². The van der Waals surface area contributed by atoms with Crippen molar-refractivity contribution in [1.82, 2.24) is 4.98 Å². The number of aromatic nitrogens is 1. The molecular weight excluding hydrogens is 423 g/mol. The first-order valence-corrected chi connectivity index (χ1v) is 9.92. The monoisotopic (exact) mass is 445 g/mol. The number of halogens is 3. The van der Waals surface area contributed by atoms with E-state index in [1.165, 1.54) is 12.1 Å². The number of hydrogen-bond donors (Lipinski definition) is 2. The van der Waals surface area contributed by atoms with Crippen molar-refractivity contribution in [3.63, 3.8) is 0 Å². The Hall–Kier alpha value is -3.13. The Morgan fingerprint density at radius 3 is 2.23 bits per heavy atom. The number of nitrogens with one attached hydrogen (secondary N) is 2. The summed E-state index contributed by atoms with van der Waals surface area (Å²) < 4.78 is 44.2. The van der Waals surface area contributed by atoms with Gasteiger partial charge in [0.25, 0.3) is 0 Å². The van der Waals surface area contributed by atoms with Crippen LogP contribution in [0.5, 0.6) is 11.6 Å². The summed E-state index contributed by atoms with van der Waals surface area (Å²) in [5.74, 6) is 1.01. The summed E-state index contributed by atoms with van der Waals surface area (Å²) in [7, 11) is 0. The molecule has 3 rings (SSSR count). The van der Waals surface area contributed by atoms with Crippen molar-refractivity contribution >= 4 is 28.7 Å². The van der Waals surface area contributed by atoms with Gasteiger partial charge in [0.2, 0.25) is 5.88 Å². The molecule has 2 N–H and O–H groups in total. The van der Waals surface area contributed by atoms with Crippen LogP contribution in [0.4, 0.5) is 24.5 Å². The molecule has 0 spiro atoms. The van der Waals surface area contributed by atoms with Crippen molar-refractivity contribution in [2.45, 2.75) is 32.4 Å². The number of benzene rings is 2. The van der Waals surface area contributed by atoms with Crippen LogP contribution in [-0.2, 0) is 11.6 Å².